The van der Waals surface area contributed by atoms with Crippen LogP contribution in [0.15, 0.2) is 66.7 Å². The highest BCUT2D eigenvalue weighted by Crippen LogP contribution is 2.23. The summed E-state index contributed by atoms with van der Waals surface area (Å²) in [6.07, 6.45) is 2.86. The molecule has 6 heteroatoms. The number of hydrogen-bond acceptors (Lipinski definition) is 5. The Morgan fingerprint density at radius 3 is 2.57 bits per heavy atom. The van der Waals surface area contributed by atoms with Crippen LogP contribution in [0.1, 0.15) is 37.3 Å². The Kier molecular flexibility index (Phi) is 8.85. The zero-order valence-electron chi connectivity index (χ0n) is 21.0. The molecular formula is C29H37N5O. The lowest BCUT2D eigenvalue weighted by Crippen LogP contribution is -2.44. The minimum Gasteiger partial charge on any atom is -0.356 e. The Bertz CT molecular complexity index is 1050. The zero-order valence-corrected chi connectivity index (χ0v) is 21.0. The monoisotopic (exact) mass is 471 g/mol. The van der Waals surface area contributed by atoms with Gasteiger partial charge in [0.15, 0.2) is 5.82 Å². The van der Waals surface area contributed by atoms with E-state index in [-0.39, 0.29) is 11.8 Å². The van der Waals surface area contributed by atoms with Crippen LogP contribution >= 0.6 is 0 Å². The second-order valence-corrected chi connectivity index (χ2v) is 9.43. The Balaban J connectivity index is 1.23. The summed E-state index contributed by atoms with van der Waals surface area (Å²) in [5.74, 6) is 0.997. The quantitative estimate of drug-likeness (QED) is 0.435. The van der Waals surface area contributed by atoms with Crippen molar-refractivity contribution >= 4 is 11.7 Å². The van der Waals surface area contributed by atoms with Crippen LogP contribution in [0.5, 0.6) is 0 Å². The first-order chi connectivity index (χ1) is 17.1. The van der Waals surface area contributed by atoms with Crippen LogP contribution in [0.25, 0.3) is 11.3 Å². The number of nitrogens with one attached hydrogen (secondary N) is 1. The lowest BCUT2D eigenvalue weighted by molar-refractivity contribution is -0.125. The second kappa shape index (κ2) is 12.5. The summed E-state index contributed by atoms with van der Waals surface area (Å²) in [5.41, 5.74) is 4.49. The van der Waals surface area contributed by atoms with Crippen molar-refractivity contribution in [2.45, 2.75) is 39.7 Å². The van der Waals surface area contributed by atoms with Crippen molar-refractivity contribution in [2.24, 2.45) is 5.92 Å². The Labute approximate surface area is 209 Å². The van der Waals surface area contributed by atoms with Gasteiger partial charge in [-0.15, -0.1) is 10.2 Å². The number of carbonyl (C=O) groups is 1. The molecule has 1 fully saturated rings. The Hall–Kier alpha value is -3.25. The summed E-state index contributed by atoms with van der Waals surface area (Å²) < 4.78 is 0. The third-order valence-electron chi connectivity index (χ3n) is 6.76. The molecule has 1 aliphatic heterocycles. The van der Waals surface area contributed by atoms with E-state index in [0.717, 1.165) is 62.5 Å². The molecular weight excluding hydrogens is 434 g/mol. The number of carbonyl (C=O) groups excluding carboxylic acids is 1. The van der Waals surface area contributed by atoms with Gasteiger partial charge < -0.3 is 10.2 Å². The molecule has 1 aromatic heterocycles. The van der Waals surface area contributed by atoms with Gasteiger partial charge in [0.2, 0.25) is 5.91 Å². The van der Waals surface area contributed by atoms with E-state index in [2.05, 4.69) is 93.8 Å². The number of benzene rings is 2. The summed E-state index contributed by atoms with van der Waals surface area (Å²) >= 11 is 0. The maximum atomic E-state index is 12.9. The molecule has 1 aliphatic rings. The summed E-state index contributed by atoms with van der Waals surface area (Å²) in [4.78, 5) is 17.5. The SMILES string of the molecule is CCN(CCCNC(=O)[C@@H]1CCCN(c2ccc(-c3ccc(C)cc3)nn2)C1)Cc1ccccc1. The van der Waals surface area contributed by atoms with Crippen molar-refractivity contribution in [3.8, 4) is 11.3 Å². The first-order valence-electron chi connectivity index (χ1n) is 12.8. The fourth-order valence-corrected chi connectivity index (χ4v) is 4.62. The third kappa shape index (κ3) is 7.12. The van der Waals surface area contributed by atoms with E-state index in [4.69, 9.17) is 0 Å². The number of rotatable bonds is 10. The molecule has 0 spiro atoms. The Morgan fingerprint density at radius 1 is 1.06 bits per heavy atom. The first kappa shape index (κ1) is 24.9. The molecule has 0 bridgehead atoms. The lowest BCUT2D eigenvalue weighted by Gasteiger charge is -2.32. The summed E-state index contributed by atoms with van der Waals surface area (Å²) in [7, 11) is 0. The molecule has 0 radical (unpaired) electrons. The summed E-state index contributed by atoms with van der Waals surface area (Å²) in [5, 5.41) is 12.1. The molecule has 2 heterocycles. The first-order valence-corrected chi connectivity index (χ1v) is 12.8. The normalized spacial score (nSPS) is 15.9. The number of amides is 1. The van der Waals surface area contributed by atoms with Crippen LogP contribution in [0, 0.1) is 12.8 Å². The maximum Gasteiger partial charge on any atom is 0.224 e. The molecule has 2 aromatic carbocycles. The third-order valence-corrected chi connectivity index (χ3v) is 6.76. The fourth-order valence-electron chi connectivity index (χ4n) is 4.62. The van der Waals surface area contributed by atoms with Crippen molar-refractivity contribution in [1.29, 1.82) is 0 Å². The van der Waals surface area contributed by atoms with Gasteiger partial charge in [-0.3, -0.25) is 9.69 Å². The van der Waals surface area contributed by atoms with E-state index in [1.54, 1.807) is 0 Å². The van der Waals surface area contributed by atoms with Gasteiger partial charge in [0, 0.05) is 38.3 Å². The van der Waals surface area contributed by atoms with Gasteiger partial charge in [0.1, 0.15) is 0 Å². The number of anilines is 1. The molecule has 1 saturated heterocycles. The standard InChI is InChI=1S/C29H37N5O/c1-3-33(21-24-9-5-4-6-10-24)19-8-18-30-29(35)26-11-7-20-34(22-26)28-17-16-27(31-32-28)25-14-12-23(2)13-15-25/h4-6,9-10,12-17,26H,3,7-8,11,18-22H2,1-2H3,(H,30,35)/t26-/m1/s1. The predicted molar refractivity (Wildman–Crippen MR) is 142 cm³/mol. The average molecular weight is 472 g/mol. The van der Waals surface area contributed by atoms with Gasteiger partial charge in [-0.1, -0.05) is 67.1 Å². The van der Waals surface area contributed by atoms with E-state index in [0.29, 0.717) is 13.1 Å². The molecule has 6 nitrogen and oxygen atoms in total. The van der Waals surface area contributed by atoms with Crippen molar-refractivity contribution in [3.63, 3.8) is 0 Å². The van der Waals surface area contributed by atoms with E-state index in [9.17, 15) is 4.79 Å². The largest absolute Gasteiger partial charge is 0.356 e. The molecule has 35 heavy (non-hydrogen) atoms. The van der Waals surface area contributed by atoms with Crippen LogP contribution in [-0.4, -0.2) is 53.7 Å². The molecule has 184 valence electrons. The van der Waals surface area contributed by atoms with E-state index in [1.165, 1.54) is 11.1 Å². The molecule has 0 aliphatic carbocycles. The van der Waals surface area contributed by atoms with Crippen LogP contribution in [-0.2, 0) is 11.3 Å². The minimum atomic E-state index is -0.00563. The number of piperidine rings is 1. The molecule has 1 N–H and O–H groups in total. The van der Waals surface area contributed by atoms with Crippen LogP contribution in [0.4, 0.5) is 5.82 Å². The molecule has 1 atom stereocenters. The summed E-state index contributed by atoms with van der Waals surface area (Å²) in [6, 6.07) is 22.9. The number of aryl methyl sites for hydroxylation is 1. The zero-order chi connectivity index (χ0) is 24.5. The second-order valence-electron chi connectivity index (χ2n) is 9.43. The molecule has 1 amide bonds. The molecule has 0 saturated carbocycles. The summed E-state index contributed by atoms with van der Waals surface area (Å²) in [6.45, 7) is 9.52. The Morgan fingerprint density at radius 2 is 1.86 bits per heavy atom. The number of nitrogens with zero attached hydrogens (tertiary/aromatic N) is 4. The van der Waals surface area contributed by atoms with Crippen LogP contribution in [0.2, 0.25) is 0 Å². The topological polar surface area (TPSA) is 61.4 Å². The van der Waals surface area contributed by atoms with Gasteiger partial charge in [-0.05, 0) is 50.4 Å². The van der Waals surface area contributed by atoms with E-state index < -0.39 is 0 Å². The van der Waals surface area contributed by atoms with Gasteiger partial charge in [-0.25, -0.2) is 0 Å². The van der Waals surface area contributed by atoms with Crippen molar-refractivity contribution in [2.75, 3.05) is 37.6 Å². The number of hydrogen-bond donors (Lipinski definition) is 1. The smallest absolute Gasteiger partial charge is 0.224 e. The van der Waals surface area contributed by atoms with Crippen molar-refractivity contribution in [1.82, 2.24) is 20.4 Å². The van der Waals surface area contributed by atoms with Crippen molar-refractivity contribution < 1.29 is 4.79 Å². The highest BCUT2D eigenvalue weighted by atomic mass is 16.1. The van der Waals surface area contributed by atoms with Crippen molar-refractivity contribution in [3.05, 3.63) is 77.9 Å². The van der Waals surface area contributed by atoms with Crippen LogP contribution < -0.4 is 10.2 Å². The average Bonchev–Trinajstić information content (AvgIpc) is 2.91. The van der Waals surface area contributed by atoms with Gasteiger partial charge in [0.05, 0.1) is 11.6 Å². The van der Waals surface area contributed by atoms with E-state index >= 15 is 0 Å². The highest BCUT2D eigenvalue weighted by molar-refractivity contribution is 5.79. The molecule has 3 aromatic rings. The van der Waals surface area contributed by atoms with Crippen LogP contribution in [0.3, 0.4) is 0 Å². The van der Waals surface area contributed by atoms with Gasteiger partial charge in [-0.2, -0.15) is 0 Å². The predicted octanol–water partition coefficient (Wildman–Crippen LogP) is 4.70. The highest BCUT2D eigenvalue weighted by Gasteiger charge is 2.26. The molecule has 0 unspecified atom stereocenters. The molecule has 4 rings (SSSR count). The fraction of sp³-hybridized carbons (Fsp3) is 0.414. The lowest BCUT2D eigenvalue weighted by atomic mass is 9.97. The minimum absolute atomic E-state index is 0.00563. The maximum absolute atomic E-state index is 12.9. The van der Waals surface area contributed by atoms with Gasteiger partial charge in [0.25, 0.3) is 0 Å². The van der Waals surface area contributed by atoms with Gasteiger partial charge >= 0.3 is 0 Å². The number of aromatic nitrogens is 2. The van der Waals surface area contributed by atoms with E-state index in [1.807, 2.05) is 12.1 Å².